The molecule has 0 bridgehead atoms. The number of hydrogen-bond donors (Lipinski definition) is 2. The van der Waals surface area contributed by atoms with Gasteiger partial charge < -0.3 is 10.8 Å². The van der Waals surface area contributed by atoms with Crippen LogP contribution in [0.4, 0.5) is 0 Å². The SMILES string of the molecule is CC(C)(C)c1cc(C(c2ccccc2)(c2ccccc2)c2ccccc2)cc(C=N[C@H](c2ccccc2)[C@H](N)c2ccccc2)c1O. The molecule has 0 saturated heterocycles. The van der Waals surface area contributed by atoms with Crippen molar-refractivity contribution in [1.29, 1.82) is 0 Å². The number of nitrogens with zero attached hydrogens (tertiary/aromatic N) is 1. The fraction of sp³-hybridized carbons (Fsp3) is 0.159. The zero-order valence-electron chi connectivity index (χ0n) is 27.3. The monoisotopic (exact) mass is 614 g/mol. The number of benzene rings is 6. The molecule has 6 aromatic carbocycles. The van der Waals surface area contributed by atoms with Crippen molar-refractivity contribution in [1.82, 2.24) is 0 Å². The van der Waals surface area contributed by atoms with Crippen LogP contribution in [0.2, 0.25) is 0 Å². The molecular formula is C44H42N2O. The number of phenolic OH excluding ortho intramolecular Hbond substituents is 1. The van der Waals surface area contributed by atoms with Gasteiger partial charge >= 0.3 is 0 Å². The molecule has 0 spiro atoms. The lowest BCUT2D eigenvalue weighted by atomic mass is 9.64. The summed E-state index contributed by atoms with van der Waals surface area (Å²) in [4.78, 5) is 5.16. The molecule has 6 aromatic rings. The predicted octanol–water partition coefficient (Wildman–Crippen LogP) is 9.93. The lowest BCUT2D eigenvalue weighted by molar-refractivity contribution is 0.444. The summed E-state index contributed by atoms with van der Waals surface area (Å²) in [5.41, 5.74) is 13.9. The Morgan fingerprint density at radius 3 is 1.38 bits per heavy atom. The summed E-state index contributed by atoms with van der Waals surface area (Å²) in [5, 5.41) is 11.9. The summed E-state index contributed by atoms with van der Waals surface area (Å²) in [6.07, 6.45) is 1.82. The van der Waals surface area contributed by atoms with E-state index in [0.717, 1.165) is 38.9 Å². The molecule has 0 saturated carbocycles. The Morgan fingerprint density at radius 2 is 0.957 bits per heavy atom. The second kappa shape index (κ2) is 13.6. The molecule has 0 amide bonds. The quantitative estimate of drug-likeness (QED) is 0.126. The van der Waals surface area contributed by atoms with Crippen LogP contribution >= 0.6 is 0 Å². The molecule has 0 fully saturated rings. The summed E-state index contributed by atoms with van der Waals surface area (Å²) < 4.78 is 0. The highest BCUT2D eigenvalue weighted by Gasteiger charge is 2.39. The maximum absolute atomic E-state index is 11.9. The van der Waals surface area contributed by atoms with E-state index in [1.807, 2.05) is 54.7 Å². The Balaban J connectivity index is 1.62. The first-order valence-corrected chi connectivity index (χ1v) is 16.2. The van der Waals surface area contributed by atoms with Gasteiger partial charge in [0, 0.05) is 17.3 Å². The minimum absolute atomic E-state index is 0.230. The van der Waals surface area contributed by atoms with E-state index in [2.05, 4.69) is 136 Å². The topological polar surface area (TPSA) is 58.6 Å². The first-order chi connectivity index (χ1) is 22.8. The van der Waals surface area contributed by atoms with Gasteiger partial charge in [0.05, 0.1) is 17.5 Å². The van der Waals surface area contributed by atoms with E-state index >= 15 is 0 Å². The van der Waals surface area contributed by atoms with Crippen molar-refractivity contribution in [3.63, 3.8) is 0 Å². The number of aromatic hydroxyl groups is 1. The van der Waals surface area contributed by atoms with E-state index in [1.165, 1.54) is 0 Å². The van der Waals surface area contributed by atoms with E-state index in [4.69, 9.17) is 10.7 Å². The van der Waals surface area contributed by atoms with Gasteiger partial charge in [-0.1, -0.05) is 172 Å². The van der Waals surface area contributed by atoms with Crippen LogP contribution in [-0.2, 0) is 10.8 Å². The fourth-order valence-electron chi connectivity index (χ4n) is 6.66. The first kappa shape index (κ1) is 31.7. The second-order valence-electron chi connectivity index (χ2n) is 13.1. The van der Waals surface area contributed by atoms with Gasteiger partial charge in [-0.15, -0.1) is 0 Å². The van der Waals surface area contributed by atoms with Crippen LogP contribution in [0.25, 0.3) is 0 Å². The van der Waals surface area contributed by atoms with Crippen LogP contribution in [-0.4, -0.2) is 11.3 Å². The minimum Gasteiger partial charge on any atom is -0.507 e. The Morgan fingerprint density at radius 1 is 0.553 bits per heavy atom. The molecule has 0 heterocycles. The highest BCUT2D eigenvalue weighted by molar-refractivity contribution is 5.86. The molecule has 234 valence electrons. The summed E-state index contributed by atoms with van der Waals surface area (Å²) in [6, 6.07) is 55.7. The molecule has 3 N–H and O–H groups in total. The van der Waals surface area contributed by atoms with Crippen molar-refractivity contribution in [3.05, 3.63) is 208 Å². The van der Waals surface area contributed by atoms with Crippen LogP contribution in [0.15, 0.2) is 169 Å². The second-order valence-corrected chi connectivity index (χ2v) is 13.1. The predicted molar refractivity (Wildman–Crippen MR) is 195 cm³/mol. The molecule has 3 heteroatoms. The molecule has 0 aliphatic heterocycles. The van der Waals surface area contributed by atoms with Crippen LogP contribution < -0.4 is 5.73 Å². The zero-order valence-corrected chi connectivity index (χ0v) is 27.3. The molecule has 6 rings (SSSR count). The fourth-order valence-corrected chi connectivity index (χ4v) is 6.66. The number of aliphatic imine (C=N–C) groups is 1. The van der Waals surface area contributed by atoms with Gasteiger partial charge in [0.1, 0.15) is 5.75 Å². The lowest BCUT2D eigenvalue weighted by Crippen LogP contribution is -2.32. The molecule has 0 aliphatic rings. The van der Waals surface area contributed by atoms with Crippen molar-refractivity contribution in [2.24, 2.45) is 10.7 Å². The average Bonchev–Trinajstić information content (AvgIpc) is 3.11. The van der Waals surface area contributed by atoms with E-state index in [0.29, 0.717) is 5.56 Å². The Kier molecular flexibility index (Phi) is 9.19. The van der Waals surface area contributed by atoms with E-state index in [-0.39, 0.29) is 23.2 Å². The third-order valence-electron chi connectivity index (χ3n) is 9.04. The summed E-state index contributed by atoms with van der Waals surface area (Å²) in [5.74, 6) is 0.230. The van der Waals surface area contributed by atoms with Gasteiger partial charge in [-0.2, -0.15) is 0 Å². The van der Waals surface area contributed by atoms with Gasteiger partial charge in [-0.3, -0.25) is 4.99 Å². The Bertz CT molecular complexity index is 1820. The number of rotatable bonds is 9. The van der Waals surface area contributed by atoms with Gasteiger partial charge in [-0.25, -0.2) is 0 Å². The molecule has 0 aliphatic carbocycles. The normalized spacial score (nSPS) is 13.4. The van der Waals surface area contributed by atoms with E-state index < -0.39 is 5.41 Å². The van der Waals surface area contributed by atoms with Crippen molar-refractivity contribution in [2.75, 3.05) is 0 Å². The highest BCUT2D eigenvalue weighted by Crippen LogP contribution is 2.48. The van der Waals surface area contributed by atoms with Crippen molar-refractivity contribution >= 4 is 6.21 Å². The van der Waals surface area contributed by atoms with Gasteiger partial charge in [0.2, 0.25) is 0 Å². The van der Waals surface area contributed by atoms with Crippen molar-refractivity contribution < 1.29 is 5.11 Å². The number of nitrogens with two attached hydrogens (primary N) is 1. The Labute approximate surface area is 279 Å². The maximum Gasteiger partial charge on any atom is 0.128 e. The Hall–Kier alpha value is -5.25. The molecule has 0 aromatic heterocycles. The number of phenols is 1. The molecule has 0 radical (unpaired) electrons. The summed E-state index contributed by atoms with van der Waals surface area (Å²) in [7, 11) is 0. The zero-order chi connectivity index (χ0) is 32.9. The maximum atomic E-state index is 11.9. The van der Waals surface area contributed by atoms with Crippen LogP contribution in [0, 0.1) is 0 Å². The molecule has 3 nitrogen and oxygen atoms in total. The third-order valence-corrected chi connectivity index (χ3v) is 9.04. The van der Waals surface area contributed by atoms with E-state index in [9.17, 15) is 5.11 Å². The largest absolute Gasteiger partial charge is 0.507 e. The first-order valence-electron chi connectivity index (χ1n) is 16.2. The summed E-state index contributed by atoms with van der Waals surface area (Å²) in [6.45, 7) is 6.42. The molecule has 0 unspecified atom stereocenters. The molecule has 2 atom stereocenters. The molecule has 47 heavy (non-hydrogen) atoms. The highest BCUT2D eigenvalue weighted by atomic mass is 16.3. The smallest absolute Gasteiger partial charge is 0.128 e. The van der Waals surface area contributed by atoms with Gasteiger partial charge in [-0.05, 0) is 50.9 Å². The van der Waals surface area contributed by atoms with E-state index in [1.54, 1.807) is 0 Å². The number of hydrogen-bond acceptors (Lipinski definition) is 3. The third kappa shape index (κ3) is 6.40. The molecular weight excluding hydrogens is 572 g/mol. The lowest BCUT2D eigenvalue weighted by Gasteiger charge is -2.38. The van der Waals surface area contributed by atoms with Gasteiger partial charge in [0.15, 0.2) is 0 Å². The van der Waals surface area contributed by atoms with Crippen LogP contribution in [0.5, 0.6) is 5.75 Å². The van der Waals surface area contributed by atoms with Gasteiger partial charge in [0.25, 0.3) is 0 Å². The standard InChI is InChI=1S/C44H42N2O/c1-43(2,3)39-30-38(44(35-23-13-6-14-24-35,36-25-15-7-16-26-36)37-27-17-8-18-28-37)29-34(42(39)47)31-46-41(33-21-11-5-12-22-33)40(45)32-19-9-4-10-20-32/h4-31,40-41,47H,45H2,1-3H3/t40-,41-/m1/s1. The van der Waals surface area contributed by atoms with Crippen molar-refractivity contribution in [2.45, 2.75) is 43.7 Å². The van der Waals surface area contributed by atoms with Crippen LogP contribution in [0.1, 0.15) is 77.4 Å². The van der Waals surface area contributed by atoms with Crippen LogP contribution in [0.3, 0.4) is 0 Å². The average molecular weight is 615 g/mol. The van der Waals surface area contributed by atoms with Crippen molar-refractivity contribution in [3.8, 4) is 5.75 Å². The minimum atomic E-state index is -0.667. The summed E-state index contributed by atoms with van der Waals surface area (Å²) >= 11 is 0.